The van der Waals surface area contributed by atoms with E-state index < -0.39 is 0 Å². The van der Waals surface area contributed by atoms with Crippen molar-refractivity contribution in [1.82, 2.24) is 0 Å². The second kappa shape index (κ2) is 4.11. The van der Waals surface area contributed by atoms with Crippen LogP contribution in [0.5, 0.6) is 0 Å². The summed E-state index contributed by atoms with van der Waals surface area (Å²) in [6.45, 7) is 4.68. The van der Waals surface area contributed by atoms with Gasteiger partial charge in [-0.2, -0.15) is 0 Å². The smallest absolute Gasteiger partial charge is 0.201 e. The SMILES string of the molecule is Cc1ccc2c3c1-c1c(ccc[n+]1C)CC3(C)c1ccccc1-2. The van der Waals surface area contributed by atoms with Gasteiger partial charge in [0.2, 0.25) is 5.69 Å². The minimum absolute atomic E-state index is 0.0919. The molecule has 0 fully saturated rings. The highest BCUT2D eigenvalue weighted by atomic mass is 14.9. The standard InChI is InChI=1S/C22H20N/c1-14-10-11-17-16-8-4-5-9-18(16)22(2)13-15-7-6-12-23(3)21(15)19(14)20(17)22/h4-12H,13H2,1-3H3/q+1. The first-order valence-corrected chi connectivity index (χ1v) is 8.33. The lowest BCUT2D eigenvalue weighted by Crippen LogP contribution is -2.38. The van der Waals surface area contributed by atoms with Gasteiger partial charge in [0.1, 0.15) is 7.05 Å². The Morgan fingerprint density at radius 2 is 1.78 bits per heavy atom. The van der Waals surface area contributed by atoms with Crippen molar-refractivity contribution in [3.8, 4) is 22.4 Å². The van der Waals surface area contributed by atoms with E-state index in [-0.39, 0.29) is 5.41 Å². The molecule has 112 valence electrons. The molecular weight excluding hydrogens is 278 g/mol. The van der Waals surface area contributed by atoms with Crippen LogP contribution in [0, 0.1) is 6.92 Å². The highest BCUT2D eigenvalue weighted by Gasteiger charge is 2.46. The van der Waals surface area contributed by atoms with Gasteiger partial charge in [0, 0.05) is 17.0 Å². The summed E-state index contributed by atoms with van der Waals surface area (Å²) in [5, 5.41) is 0. The van der Waals surface area contributed by atoms with E-state index in [1.165, 1.54) is 44.6 Å². The topological polar surface area (TPSA) is 3.88 Å². The predicted octanol–water partition coefficient (Wildman–Crippen LogP) is 4.33. The quantitative estimate of drug-likeness (QED) is 0.544. The van der Waals surface area contributed by atoms with Gasteiger partial charge in [-0.3, -0.25) is 0 Å². The average Bonchev–Trinajstić information content (AvgIpc) is 2.80. The number of pyridine rings is 1. The molecule has 2 aromatic carbocycles. The van der Waals surface area contributed by atoms with Gasteiger partial charge in [0.15, 0.2) is 6.20 Å². The number of hydrogen-bond donors (Lipinski definition) is 0. The van der Waals surface area contributed by atoms with E-state index in [0.29, 0.717) is 0 Å². The molecule has 1 atom stereocenters. The molecule has 0 aliphatic heterocycles. The minimum Gasteiger partial charge on any atom is -0.201 e. The zero-order valence-corrected chi connectivity index (χ0v) is 13.9. The zero-order chi connectivity index (χ0) is 15.8. The van der Waals surface area contributed by atoms with Gasteiger partial charge in [-0.25, -0.2) is 4.57 Å². The van der Waals surface area contributed by atoms with Crippen molar-refractivity contribution in [3.63, 3.8) is 0 Å². The molecule has 0 saturated heterocycles. The number of benzene rings is 2. The van der Waals surface area contributed by atoms with Crippen LogP contribution >= 0.6 is 0 Å². The maximum Gasteiger partial charge on any atom is 0.216 e. The highest BCUT2D eigenvalue weighted by Crippen LogP contribution is 2.56. The van der Waals surface area contributed by atoms with Crippen molar-refractivity contribution < 1.29 is 4.57 Å². The first-order valence-electron chi connectivity index (χ1n) is 8.33. The molecule has 1 heterocycles. The zero-order valence-electron chi connectivity index (χ0n) is 13.9. The van der Waals surface area contributed by atoms with Crippen LogP contribution in [0.1, 0.15) is 29.2 Å². The second-order valence-corrected chi connectivity index (χ2v) is 7.23. The largest absolute Gasteiger partial charge is 0.216 e. The first-order chi connectivity index (χ1) is 11.1. The van der Waals surface area contributed by atoms with Crippen molar-refractivity contribution in [3.05, 3.63) is 77.0 Å². The normalized spacial score (nSPS) is 20.0. The van der Waals surface area contributed by atoms with Gasteiger partial charge in [-0.1, -0.05) is 43.3 Å². The van der Waals surface area contributed by atoms with Crippen LogP contribution in [0.15, 0.2) is 54.7 Å². The van der Waals surface area contributed by atoms with Gasteiger partial charge in [0.05, 0.1) is 5.56 Å². The van der Waals surface area contributed by atoms with Crippen molar-refractivity contribution in [1.29, 1.82) is 0 Å². The molecule has 0 saturated carbocycles. The molecule has 3 aromatic rings. The molecule has 2 aliphatic carbocycles. The van der Waals surface area contributed by atoms with Crippen LogP contribution in [0.4, 0.5) is 0 Å². The molecular formula is C22H20N+. The summed E-state index contributed by atoms with van der Waals surface area (Å²) >= 11 is 0. The minimum atomic E-state index is 0.0919. The van der Waals surface area contributed by atoms with Crippen molar-refractivity contribution in [2.24, 2.45) is 7.05 Å². The van der Waals surface area contributed by atoms with Crippen molar-refractivity contribution in [2.75, 3.05) is 0 Å². The van der Waals surface area contributed by atoms with E-state index in [0.717, 1.165) is 6.42 Å². The van der Waals surface area contributed by atoms with Gasteiger partial charge in [-0.15, -0.1) is 0 Å². The summed E-state index contributed by atoms with van der Waals surface area (Å²) in [6.07, 6.45) is 3.25. The molecule has 0 radical (unpaired) electrons. The molecule has 1 heteroatoms. The Hall–Kier alpha value is -2.41. The maximum atomic E-state index is 2.43. The lowest BCUT2D eigenvalue weighted by atomic mass is 9.68. The number of rotatable bonds is 0. The predicted molar refractivity (Wildman–Crippen MR) is 93.4 cm³/mol. The number of hydrogen-bond acceptors (Lipinski definition) is 0. The average molecular weight is 298 g/mol. The molecule has 1 aromatic heterocycles. The lowest BCUT2D eigenvalue weighted by molar-refractivity contribution is -0.660. The molecule has 0 spiro atoms. The maximum absolute atomic E-state index is 2.43. The molecule has 5 rings (SSSR count). The Kier molecular flexibility index (Phi) is 2.33. The monoisotopic (exact) mass is 298 g/mol. The third kappa shape index (κ3) is 1.45. The van der Waals surface area contributed by atoms with Crippen LogP contribution in [0.25, 0.3) is 22.4 Å². The van der Waals surface area contributed by atoms with E-state index in [2.05, 4.69) is 80.2 Å². The molecule has 1 unspecified atom stereocenters. The first kappa shape index (κ1) is 13.1. The Labute approximate surface area is 137 Å². The summed E-state index contributed by atoms with van der Waals surface area (Å²) in [7, 11) is 2.17. The Morgan fingerprint density at radius 3 is 2.65 bits per heavy atom. The fourth-order valence-electron chi connectivity index (χ4n) is 4.86. The molecule has 2 aliphatic rings. The van der Waals surface area contributed by atoms with Gasteiger partial charge < -0.3 is 0 Å². The van der Waals surface area contributed by atoms with E-state index in [1.807, 2.05) is 0 Å². The molecule has 1 nitrogen and oxygen atoms in total. The van der Waals surface area contributed by atoms with E-state index in [9.17, 15) is 0 Å². The molecule has 0 amide bonds. The van der Waals surface area contributed by atoms with Crippen LogP contribution in [-0.4, -0.2) is 0 Å². The highest BCUT2D eigenvalue weighted by molar-refractivity contribution is 5.90. The summed E-state index contributed by atoms with van der Waals surface area (Å²) in [4.78, 5) is 0. The fraction of sp³-hybridized carbons (Fsp3) is 0.227. The second-order valence-electron chi connectivity index (χ2n) is 7.23. The third-order valence-electron chi connectivity index (χ3n) is 5.82. The number of fused-ring (bicyclic) bond motifs is 5. The third-order valence-corrected chi connectivity index (χ3v) is 5.82. The summed E-state index contributed by atoms with van der Waals surface area (Å²) < 4.78 is 2.29. The summed E-state index contributed by atoms with van der Waals surface area (Å²) in [6, 6.07) is 18.0. The fourth-order valence-corrected chi connectivity index (χ4v) is 4.86. The Balaban J connectivity index is 1.99. The number of aryl methyl sites for hydroxylation is 2. The van der Waals surface area contributed by atoms with Gasteiger partial charge >= 0.3 is 0 Å². The van der Waals surface area contributed by atoms with Gasteiger partial charge in [0.25, 0.3) is 0 Å². The van der Waals surface area contributed by atoms with Crippen LogP contribution in [0.2, 0.25) is 0 Å². The van der Waals surface area contributed by atoms with E-state index >= 15 is 0 Å². The molecule has 0 bridgehead atoms. The number of aromatic nitrogens is 1. The van der Waals surface area contributed by atoms with Crippen LogP contribution in [0.3, 0.4) is 0 Å². The van der Waals surface area contributed by atoms with Crippen LogP contribution in [-0.2, 0) is 18.9 Å². The Morgan fingerprint density at radius 1 is 0.957 bits per heavy atom. The van der Waals surface area contributed by atoms with Gasteiger partial charge in [-0.05, 0) is 47.2 Å². The van der Waals surface area contributed by atoms with E-state index in [1.54, 1.807) is 0 Å². The number of nitrogens with zero attached hydrogens (tertiary/aromatic N) is 1. The summed E-state index contributed by atoms with van der Waals surface area (Å²) in [5.74, 6) is 0. The van der Waals surface area contributed by atoms with Crippen molar-refractivity contribution in [2.45, 2.75) is 25.7 Å². The summed E-state index contributed by atoms with van der Waals surface area (Å²) in [5.41, 5.74) is 11.6. The Bertz CT molecular complexity index is 983. The lowest BCUT2D eigenvalue weighted by Gasteiger charge is -2.33. The van der Waals surface area contributed by atoms with E-state index in [4.69, 9.17) is 0 Å². The molecule has 0 N–H and O–H groups in total. The van der Waals surface area contributed by atoms with Crippen LogP contribution < -0.4 is 4.57 Å². The molecule has 23 heavy (non-hydrogen) atoms. The van der Waals surface area contributed by atoms with Crippen molar-refractivity contribution >= 4 is 0 Å².